The first-order valence-corrected chi connectivity index (χ1v) is 7.32. The van der Waals surface area contributed by atoms with Crippen LogP contribution in [-0.4, -0.2) is 33.5 Å². The Hall–Kier alpha value is -1.58. The second-order valence-electron chi connectivity index (χ2n) is 5.58. The zero-order valence-electron chi connectivity index (χ0n) is 12.4. The Bertz CT molecular complexity index is 468. The van der Waals surface area contributed by atoms with Gasteiger partial charge in [0.2, 0.25) is 0 Å². The van der Waals surface area contributed by atoms with Crippen LogP contribution in [0.3, 0.4) is 0 Å². The van der Waals surface area contributed by atoms with E-state index >= 15 is 0 Å². The number of unbranched alkanes of at least 4 members (excludes halogenated alkanes) is 1. The lowest BCUT2D eigenvalue weighted by atomic mass is 10.0. The van der Waals surface area contributed by atoms with Gasteiger partial charge in [0.1, 0.15) is 12.1 Å². The maximum atomic E-state index is 14.3. The maximum Gasteiger partial charge on any atom is 0.146 e. The molecule has 3 nitrogen and oxygen atoms in total. The second-order valence-corrected chi connectivity index (χ2v) is 5.58. The quantitative estimate of drug-likeness (QED) is 0.590. The van der Waals surface area contributed by atoms with Crippen molar-refractivity contribution < 1.29 is 9.18 Å². The van der Waals surface area contributed by atoms with Crippen molar-refractivity contribution in [1.29, 1.82) is 0 Å². The van der Waals surface area contributed by atoms with Crippen molar-refractivity contribution >= 4 is 17.7 Å². The van der Waals surface area contributed by atoms with Gasteiger partial charge in [-0.2, -0.15) is 0 Å². The highest BCUT2D eigenvalue weighted by molar-refractivity contribution is 5.64. The van der Waals surface area contributed by atoms with Crippen LogP contribution in [0.15, 0.2) is 12.1 Å². The standard InChI is InChI=1S/C16H23FN2O/c1-18(2)15-12-16(19-8-4-5-9-19)14(17)11-13(15)7-3-6-10-20/h10-12H,3-9H2,1-2H3. The summed E-state index contributed by atoms with van der Waals surface area (Å²) in [6.45, 7) is 1.88. The SMILES string of the molecule is CN(C)c1cc(N2CCCC2)c(F)cc1CCCC=O. The van der Waals surface area contributed by atoms with Crippen LogP contribution < -0.4 is 9.80 Å². The van der Waals surface area contributed by atoms with Crippen molar-refractivity contribution in [2.24, 2.45) is 0 Å². The Morgan fingerprint density at radius 2 is 2.00 bits per heavy atom. The number of anilines is 2. The van der Waals surface area contributed by atoms with E-state index in [4.69, 9.17) is 0 Å². The van der Waals surface area contributed by atoms with Crippen LogP contribution in [0.4, 0.5) is 15.8 Å². The molecule has 4 heteroatoms. The molecule has 0 radical (unpaired) electrons. The van der Waals surface area contributed by atoms with Crippen molar-refractivity contribution in [3.8, 4) is 0 Å². The largest absolute Gasteiger partial charge is 0.377 e. The van der Waals surface area contributed by atoms with E-state index in [2.05, 4.69) is 4.90 Å². The Morgan fingerprint density at radius 3 is 2.60 bits per heavy atom. The molecule has 1 aliphatic rings. The first-order chi connectivity index (χ1) is 9.63. The molecule has 0 N–H and O–H groups in total. The van der Waals surface area contributed by atoms with Gasteiger partial charge in [0.15, 0.2) is 0 Å². The molecule has 0 amide bonds. The van der Waals surface area contributed by atoms with E-state index in [1.54, 1.807) is 6.07 Å². The predicted octanol–water partition coefficient (Wildman–Crippen LogP) is 3.01. The summed E-state index contributed by atoms with van der Waals surface area (Å²) in [5, 5.41) is 0. The number of carbonyl (C=O) groups is 1. The minimum atomic E-state index is -0.140. The summed E-state index contributed by atoms with van der Waals surface area (Å²) in [4.78, 5) is 14.6. The van der Waals surface area contributed by atoms with Crippen LogP contribution >= 0.6 is 0 Å². The molecular weight excluding hydrogens is 255 g/mol. The minimum Gasteiger partial charge on any atom is -0.377 e. The van der Waals surface area contributed by atoms with Gasteiger partial charge in [-0.1, -0.05) is 0 Å². The molecule has 1 heterocycles. The van der Waals surface area contributed by atoms with Gasteiger partial charge in [-0.25, -0.2) is 4.39 Å². The van der Waals surface area contributed by atoms with Crippen LogP contribution in [0.25, 0.3) is 0 Å². The molecular formula is C16H23FN2O. The number of rotatable bonds is 6. The number of halogens is 1. The van der Waals surface area contributed by atoms with Crippen LogP contribution in [0.2, 0.25) is 0 Å². The zero-order chi connectivity index (χ0) is 14.5. The van der Waals surface area contributed by atoms with Crippen molar-refractivity contribution in [1.82, 2.24) is 0 Å². The Morgan fingerprint density at radius 1 is 1.30 bits per heavy atom. The third kappa shape index (κ3) is 3.30. The average Bonchev–Trinajstić information content (AvgIpc) is 2.92. The van der Waals surface area contributed by atoms with Gasteiger partial charge < -0.3 is 14.6 Å². The van der Waals surface area contributed by atoms with Gasteiger partial charge in [-0.05, 0) is 43.4 Å². The molecule has 1 aromatic carbocycles. The van der Waals surface area contributed by atoms with Crippen molar-refractivity contribution in [3.05, 3.63) is 23.5 Å². The van der Waals surface area contributed by atoms with Gasteiger partial charge >= 0.3 is 0 Å². The van der Waals surface area contributed by atoms with Gasteiger partial charge in [0.25, 0.3) is 0 Å². The molecule has 0 bridgehead atoms. The first-order valence-electron chi connectivity index (χ1n) is 7.32. The fourth-order valence-corrected chi connectivity index (χ4v) is 2.78. The number of nitrogens with zero attached hydrogens (tertiary/aromatic N) is 2. The molecule has 20 heavy (non-hydrogen) atoms. The van der Waals surface area contributed by atoms with Gasteiger partial charge in [-0.15, -0.1) is 0 Å². The van der Waals surface area contributed by atoms with Gasteiger partial charge in [0, 0.05) is 39.3 Å². The number of hydrogen-bond donors (Lipinski definition) is 0. The molecule has 0 atom stereocenters. The van der Waals surface area contributed by atoms with E-state index in [1.165, 1.54) is 0 Å². The fraction of sp³-hybridized carbons (Fsp3) is 0.562. The lowest BCUT2D eigenvalue weighted by Crippen LogP contribution is -2.20. The molecule has 1 fully saturated rings. The highest BCUT2D eigenvalue weighted by Crippen LogP contribution is 2.31. The summed E-state index contributed by atoms with van der Waals surface area (Å²) in [5.74, 6) is -0.140. The lowest BCUT2D eigenvalue weighted by molar-refractivity contribution is -0.107. The molecule has 0 spiro atoms. The molecule has 0 aromatic heterocycles. The van der Waals surface area contributed by atoms with Crippen molar-refractivity contribution in [3.63, 3.8) is 0 Å². The topological polar surface area (TPSA) is 23.6 Å². The second kappa shape index (κ2) is 6.73. The van der Waals surface area contributed by atoms with Crippen LogP contribution in [-0.2, 0) is 11.2 Å². The molecule has 110 valence electrons. The molecule has 1 aliphatic heterocycles. The zero-order valence-corrected chi connectivity index (χ0v) is 12.4. The number of aldehydes is 1. The highest BCUT2D eigenvalue weighted by atomic mass is 19.1. The van der Waals surface area contributed by atoms with Crippen LogP contribution in [0, 0.1) is 5.82 Å². The lowest BCUT2D eigenvalue weighted by Gasteiger charge is -2.24. The monoisotopic (exact) mass is 278 g/mol. The van der Waals surface area contributed by atoms with Crippen LogP contribution in [0.5, 0.6) is 0 Å². The van der Waals surface area contributed by atoms with E-state index in [0.29, 0.717) is 12.1 Å². The molecule has 1 saturated heterocycles. The van der Waals surface area contributed by atoms with E-state index in [1.807, 2.05) is 25.1 Å². The summed E-state index contributed by atoms with van der Waals surface area (Å²) in [5.41, 5.74) is 2.75. The highest BCUT2D eigenvalue weighted by Gasteiger charge is 2.19. The molecule has 0 aliphatic carbocycles. The Kier molecular flexibility index (Phi) is 4.99. The van der Waals surface area contributed by atoms with Crippen molar-refractivity contribution in [2.75, 3.05) is 37.0 Å². The summed E-state index contributed by atoms with van der Waals surface area (Å²) in [6, 6.07) is 3.60. The van der Waals surface area contributed by atoms with Crippen LogP contribution in [0.1, 0.15) is 31.2 Å². The number of hydrogen-bond acceptors (Lipinski definition) is 3. The number of carbonyl (C=O) groups excluding carboxylic acids is 1. The number of benzene rings is 1. The molecule has 2 rings (SSSR count). The fourth-order valence-electron chi connectivity index (χ4n) is 2.78. The summed E-state index contributed by atoms with van der Waals surface area (Å²) in [6.07, 6.45) is 5.23. The van der Waals surface area contributed by atoms with Gasteiger partial charge in [-0.3, -0.25) is 0 Å². The Labute approximate surface area is 120 Å². The number of aryl methyl sites for hydroxylation is 1. The normalized spacial score (nSPS) is 14.7. The Balaban J connectivity index is 2.27. The molecule has 0 saturated carbocycles. The maximum absolute atomic E-state index is 14.3. The third-order valence-corrected chi connectivity index (χ3v) is 3.84. The van der Waals surface area contributed by atoms with E-state index in [-0.39, 0.29) is 5.82 Å². The van der Waals surface area contributed by atoms with E-state index in [0.717, 1.165) is 56.3 Å². The average molecular weight is 278 g/mol. The smallest absolute Gasteiger partial charge is 0.146 e. The van der Waals surface area contributed by atoms with E-state index < -0.39 is 0 Å². The first kappa shape index (κ1) is 14.8. The van der Waals surface area contributed by atoms with E-state index in [9.17, 15) is 9.18 Å². The van der Waals surface area contributed by atoms with Crippen molar-refractivity contribution in [2.45, 2.75) is 32.1 Å². The minimum absolute atomic E-state index is 0.140. The predicted molar refractivity (Wildman–Crippen MR) is 81.2 cm³/mol. The summed E-state index contributed by atoms with van der Waals surface area (Å²) in [7, 11) is 3.95. The van der Waals surface area contributed by atoms with Gasteiger partial charge in [0.05, 0.1) is 5.69 Å². The third-order valence-electron chi connectivity index (χ3n) is 3.84. The molecule has 1 aromatic rings. The summed E-state index contributed by atoms with van der Waals surface area (Å²) < 4.78 is 14.3. The molecule has 0 unspecified atom stereocenters. The summed E-state index contributed by atoms with van der Waals surface area (Å²) >= 11 is 0.